The Morgan fingerprint density at radius 1 is 1.07 bits per heavy atom. The van der Waals surface area contributed by atoms with Gasteiger partial charge in [-0.3, -0.25) is 14.4 Å². The standard InChI is InChI=1S/C19H24N2O7/c1-13(2)10-15(20-18(24)26-11-14-6-4-3-5-7-14)12-27-19(25)28-21-16(22)8-9-17(21)23/h3-7,13,15H,8-12H2,1-2H3,(H,20,24)/t15-/m0/s1. The molecule has 0 saturated carbocycles. The lowest BCUT2D eigenvalue weighted by Gasteiger charge is -2.20. The third-order valence-corrected chi connectivity index (χ3v) is 3.86. The molecule has 0 spiro atoms. The zero-order valence-electron chi connectivity index (χ0n) is 15.9. The van der Waals surface area contributed by atoms with E-state index in [0.717, 1.165) is 5.56 Å². The second-order valence-electron chi connectivity index (χ2n) is 6.77. The van der Waals surface area contributed by atoms with Crippen molar-refractivity contribution in [2.45, 2.75) is 45.8 Å². The van der Waals surface area contributed by atoms with Crippen molar-refractivity contribution in [3.8, 4) is 0 Å². The van der Waals surface area contributed by atoms with Gasteiger partial charge in [-0.1, -0.05) is 49.2 Å². The maximum atomic E-state index is 12.0. The highest BCUT2D eigenvalue weighted by Gasteiger charge is 2.33. The summed E-state index contributed by atoms with van der Waals surface area (Å²) in [7, 11) is 0. The summed E-state index contributed by atoms with van der Waals surface area (Å²) in [6, 6.07) is 8.70. The maximum Gasteiger partial charge on any atom is 0.534 e. The summed E-state index contributed by atoms with van der Waals surface area (Å²) in [5.74, 6) is -0.979. The van der Waals surface area contributed by atoms with Gasteiger partial charge in [-0.2, -0.15) is 0 Å². The van der Waals surface area contributed by atoms with Gasteiger partial charge in [-0.15, -0.1) is 0 Å². The van der Waals surface area contributed by atoms with E-state index < -0.39 is 30.1 Å². The highest BCUT2D eigenvalue weighted by molar-refractivity contribution is 6.01. The summed E-state index contributed by atoms with van der Waals surface area (Å²) in [4.78, 5) is 51.3. The van der Waals surface area contributed by atoms with Crippen molar-refractivity contribution in [3.63, 3.8) is 0 Å². The molecule has 1 atom stereocenters. The van der Waals surface area contributed by atoms with Crippen LogP contribution in [0, 0.1) is 5.92 Å². The zero-order valence-corrected chi connectivity index (χ0v) is 15.9. The summed E-state index contributed by atoms with van der Waals surface area (Å²) in [5, 5.41) is 3.05. The molecule has 28 heavy (non-hydrogen) atoms. The lowest BCUT2D eigenvalue weighted by molar-refractivity contribution is -0.177. The monoisotopic (exact) mass is 392 g/mol. The van der Waals surface area contributed by atoms with E-state index in [1.807, 2.05) is 44.2 Å². The minimum absolute atomic E-state index is 0.00308. The average Bonchev–Trinajstić information content (AvgIpc) is 2.97. The van der Waals surface area contributed by atoms with Crippen LogP contribution in [0.2, 0.25) is 0 Å². The summed E-state index contributed by atoms with van der Waals surface area (Å²) in [6.45, 7) is 3.82. The van der Waals surface area contributed by atoms with Crippen LogP contribution >= 0.6 is 0 Å². The Morgan fingerprint density at radius 2 is 1.71 bits per heavy atom. The van der Waals surface area contributed by atoms with E-state index in [2.05, 4.69) is 10.2 Å². The predicted molar refractivity (Wildman–Crippen MR) is 96.5 cm³/mol. The van der Waals surface area contributed by atoms with Gasteiger partial charge < -0.3 is 14.8 Å². The number of nitrogens with one attached hydrogen (secondary N) is 1. The average molecular weight is 392 g/mol. The number of amides is 3. The fraction of sp³-hybridized carbons (Fsp3) is 0.474. The second-order valence-corrected chi connectivity index (χ2v) is 6.77. The number of carbonyl (C=O) groups excluding carboxylic acids is 4. The fourth-order valence-electron chi connectivity index (χ4n) is 2.60. The summed E-state index contributed by atoms with van der Waals surface area (Å²) in [6.07, 6.45) is -1.31. The molecule has 1 heterocycles. The molecule has 2 rings (SSSR count). The van der Waals surface area contributed by atoms with Gasteiger partial charge in [0.15, 0.2) is 0 Å². The molecular weight excluding hydrogens is 368 g/mol. The first kappa shape index (κ1) is 21.2. The molecule has 1 aliphatic rings. The van der Waals surface area contributed by atoms with Crippen molar-refractivity contribution in [2.24, 2.45) is 5.92 Å². The predicted octanol–water partition coefficient (Wildman–Crippen LogP) is 2.54. The topological polar surface area (TPSA) is 111 Å². The molecule has 0 aromatic heterocycles. The van der Waals surface area contributed by atoms with Crippen LogP contribution in [0.4, 0.5) is 9.59 Å². The summed E-state index contributed by atoms with van der Waals surface area (Å²) >= 11 is 0. The van der Waals surface area contributed by atoms with Crippen LogP contribution in [0.15, 0.2) is 30.3 Å². The van der Waals surface area contributed by atoms with Crippen LogP contribution in [-0.4, -0.2) is 41.8 Å². The van der Waals surface area contributed by atoms with E-state index in [1.54, 1.807) is 0 Å². The molecule has 1 aromatic rings. The molecule has 152 valence electrons. The van der Waals surface area contributed by atoms with Crippen molar-refractivity contribution in [3.05, 3.63) is 35.9 Å². The maximum absolute atomic E-state index is 12.0. The Hall–Kier alpha value is -3.10. The van der Waals surface area contributed by atoms with Gasteiger partial charge in [0.2, 0.25) is 0 Å². The number of alkyl carbamates (subject to hydrolysis) is 1. The van der Waals surface area contributed by atoms with Gasteiger partial charge in [0, 0.05) is 12.8 Å². The Kier molecular flexibility index (Phi) is 7.79. The second kappa shape index (κ2) is 10.3. The van der Waals surface area contributed by atoms with Crippen LogP contribution < -0.4 is 5.32 Å². The fourth-order valence-corrected chi connectivity index (χ4v) is 2.60. The van der Waals surface area contributed by atoms with Gasteiger partial charge in [0.05, 0.1) is 6.04 Å². The number of rotatable bonds is 8. The summed E-state index contributed by atoms with van der Waals surface area (Å²) in [5.41, 5.74) is 0.845. The summed E-state index contributed by atoms with van der Waals surface area (Å²) < 4.78 is 10.1. The molecule has 9 heteroatoms. The van der Waals surface area contributed by atoms with Crippen LogP contribution in [0.3, 0.4) is 0 Å². The number of imide groups is 1. The van der Waals surface area contributed by atoms with Crippen LogP contribution in [0.5, 0.6) is 0 Å². The van der Waals surface area contributed by atoms with E-state index >= 15 is 0 Å². The van der Waals surface area contributed by atoms with E-state index in [9.17, 15) is 19.2 Å². The largest absolute Gasteiger partial charge is 0.534 e. The van der Waals surface area contributed by atoms with Gasteiger partial charge in [0.1, 0.15) is 13.2 Å². The van der Waals surface area contributed by atoms with Crippen molar-refractivity contribution >= 4 is 24.1 Å². The van der Waals surface area contributed by atoms with E-state index in [1.165, 1.54) is 0 Å². The van der Waals surface area contributed by atoms with Crippen LogP contribution in [0.1, 0.15) is 38.7 Å². The van der Waals surface area contributed by atoms with Crippen LogP contribution in [0.25, 0.3) is 0 Å². The molecule has 0 bridgehead atoms. The minimum atomic E-state index is -1.18. The van der Waals surface area contributed by atoms with Crippen molar-refractivity contribution in [1.29, 1.82) is 0 Å². The molecular formula is C19H24N2O7. The Labute approximate surface area is 162 Å². The van der Waals surface area contributed by atoms with E-state index in [0.29, 0.717) is 11.5 Å². The molecule has 0 radical (unpaired) electrons. The number of hydroxylamine groups is 2. The molecule has 0 unspecified atom stereocenters. The quantitative estimate of drug-likeness (QED) is 0.534. The number of benzene rings is 1. The molecule has 9 nitrogen and oxygen atoms in total. The SMILES string of the molecule is CC(C)C[C@@H](COC(=O)ON1C(=O)CCC1=O)NC(=O)OCc1ccccc1. The number of carbonyl (C=O) groups is 4. The lowest BCUT2D eigenvalue weighted by Crippen LogP contribution is -2.41. The number of hydrogen-bond donors (Lipinski definition) is 1. The number of hydrogen-bond acceptors (Lipinski definition) is 7. The Balaban J connectivity index is 1.79. The molecule has 1 aromatic carbocycles. The van der Waals surface area contributed by atoms with Gasteiger partial charge in [-0.05, 0) is 17.9 Å². The van der Waals surface area contributed by atoms with E-state index in [-0.39, 0.29) is 32.0 Å². The van der Waals surface area contributed by atoms with Crippen molar-refractivity contribution < 1.29 is 33.5 Å². The zero-order chi connectivity index (χ0) is 20.5. The highest BCUT2D eigenvalue weighted by atomic mass is 16.8. The molecule has 1 fully saturated rings. The van der Waals surface area contributed by atoms with Gasteiger partial charge in [0.25, 0.3) is 11.8 Å². The molecule has 1 saturated heterocycles. The third-order valence-electron chi connectivity index (χ3n) is 3.86. The van der Waals surface area contributed by atoms with Gasteiger partial charge in [-0.25, -0.2) is 9.59 Å². The number of nitrogens with zero attached hydrogens (tertiary/aromatic N) is 1. The smallest absolute Gasteiger partial charge is 0.445 e. The van der Waals surface area contributed by atoms with Crippen molar-refractivity contribution in [1.82, 2.24) is 10.4 Å². The highest BCUT2D eigenvalue weighted by Crippen LogP contribution is 2.13. The minimum Gasteiger partial charge on any atom is -0.445 e. The van der Waals surface area contributed by atoms with E-state index in [4.69, 9.17) is 9.47 Å². The third kappa shape index (κ3) is 6.90. The van der Waals surface area contributed by atoms with Gasteiger partial charge >= 0.3 is 12.2 Å². The first-order valence-corrected chi connectivity index (χ1v) is 9.03. The molecule has 0 aliphatic carbocycles. The van der Waals surface area contributed by atoms with Crippen molar-refractivity contribution in [2.75, 3.05) is 6.61 Å². The Morgan fingerprint density at radius 3 is 2.32 bits per heavy atom. The molecule has 3 amide bonds. The number of ether oxygens (including phenoxy) is 2. The first-order chi connectivity index (χ1) is 13.3. The molecule has 1 N–H and O–H groups in total. The molecule has 1 aliphatic heterocycles. The van der Waals surface area contributed by atoms with Crippen LogP contribution in [-0.2, 0) is 30.5 Å². The normalized spacial score (nSPS) is 14.8. The Bertz CT molecular complexity index is 689. The lowest BCUT2D eigenvalue weighted by atomic mass is 10.0. The first-order valence-electron chi connectivity index (χ1n) is 9.03.